The molecule has 6 heteroatoms. The third-order valence-corrected chi connectivity index (χ3v) is 9.08. The number of hydrogen-bond acceptors (Lipinski definition) is 6. The fourth-order valence-electron chi connectivity index (χ4n) is 7.11. The van der Waals surface area contributed by atoms with Gasteiger partial charge in [0.2, 0.25) is 0 Å². The van der Waals surface area contributed by atoms with Gasteiger partial charge in [0.25, 0.3) is 0 Å². The van der Waals surface area contributed by atoms with Crippen molar-refractivity contribution < 1.29 is 29.7 Å². The molecular formula is C31H46O6. The second kappa shape index (κ2) is 9.92. The molecule has 3 aliphatic rings. The molecule has 0 aromatic heterocycles. The molecule has 0 aromatic rings. The smallest absolute Gasteiger partial charge is 0.184 e. The van der Waals surface area contributed by atoms with Crippen LogP contribution in [0.1, 0.15) is 100 Å². The highest BCUT2D eigenvalue weighted by atomic mass is 16.3. The first kappa shape index (κ1) is 29.5. The molecular weight excluding hydrogens is 468 g/mol. The number of ketones is 3. The summed E-state index contributed by atoms with van der Waals surface area (Å²) in [7, 11) is 0. The van der Waals surface area contributed by atoms with Crippen LogP contribution in [0.3, 0.4) is 0 Å². The molecule has 3 N–H and O–H groups in total. The van der Waals surface area contributed by atoms with Gasteiger partial charge in [-0.1, -0.05) is 37.1 Å². The van der Waals surface area contributed by atoms with Gasteiger partial charge in [-0.2, -0.15) is 0 Å². The summed E-state index contributed by atoms with van der Waals surface area (Å²) < 4.78 is 0. The van der Waals surface area contributed by atoms with Crippen molar-refractivity contribution in [2.75, 3.05) is 0 Å². The van der Waals surface area contributed by atoms with Gasteiger partial charge in [-0.15, -0.1) is 0 Å². The standard InChI is InChI=1S/C31H46O6/c1-18(2)9-13-30(14-10-19(3)4)25(33)24(23(32)15-20(5)6)26(34)31(27(30)35)16-22-21(29(8,37)17-31)11-12-28(22,7)36/h9-10,20-22,34,36-37H,11-17H2,1-8H3/t21-,22+,28-,29-,31+/m1/s1. The van der Waals surface area contributed by atoms with Gasteiger partial charge < -0.3 is 15.3 Å². The van der Waals surface area contributed by atoms with Crippen molar-refractivity contribution in [1.82, 2.24) is 0 Å². The van der Waals surface area contributed by atoms with Crippen LogP contribution in [0.15, 0.2) is 34.6 Å². The fourth-order valence-corrected chi connectivity index (χ4v) is 7.11. The molecule has 0 radical (unpaired) electrons. The normalized spacial score (nSPS) is 35.1. The molecule has 3 aliphatic carbocycles. The van der Waals surface area contributed by atoms with Crippen molar-refractivity contribution in [3.8, 4) is 0 Å². The van der Waals surface area contributed by atoms with Crippen LogP contribution in [-0.4, -0.2) is 43.9 Å². The van der Waals surface area contributed by atoms with E-state index in [0.29, 0.717) is 12.8 Å². The molecule has 0 aromatic carbocycles. The third kappa shape index (κ3) is 5.04. The van der Waals surface area contributed by atoms with Crippen LogP contribution in [0.25, 0.3) is 0 Å². The van der Waals surface area contributed by atoms with E-state index < -0.39 is 51.1 Å². The number of rotatable bonds is 7. The minimum absolute atomic E-state index is 0.0476. The van der Waals surface area contributed by atoms with Crippen LogP contribution in [0.2, 0.25) is 0 Å². The Morgan fingerprint density at radius 2 is 1.51 bits per heavy atom. The van der Waals surface area contributed by atoms with Gasteiger partial charge in [-0.3, -0.25) is 14.4 Å². The minimum Gasteiger partial charge on any atom is -0.510 e. The molecule has 2 fully saturated rings. The van der Waals surface area contributed by atoms with Crippen LogP contribution in [-0.2, 0) is 14.4 Å². The van der Waals surface area contributed by atoms with Gasteiger partial charge in [0.1, 0.15) is 16.7 Å². The molecule has 37 heavy (non-hydrogen) atoms. The summed E-state index contributed by atoms with van der Waals surface area (Å²) in [5, 5.41) is 34.7. The van der Waals surface area contributed by atoms with Crippen molar-refractivity contribution in [2.45, 2.75) is 112 Å². The van der Waals surface area contributed by atoms with Crippen molar-refractivity contribution in [2.24, 2.45) is 28.6 Å². The zero-order valence-corrected chi connectivity index (χ0v) is 23.9. The van der Waals surface area contributed by atoms with Crippen LogP contribution in [0.4, 0.5) is 0 Å². The van der Waals surface area contributed by atoms with E-state index in [2.05, 4.69) is 0 Å². The quantitative estimate of drug-likeness (QED) is 0.233. The number of aliphatic hydroxyl groups is 3. The van der Waals surface area contributed by atoms with E-state index >= 15 is 0 Å². The second-order valence-corrected chi connectivity index (χ2v) is 13.4. The summed E-state index contributed by atoms with van der Waals surface area (Å²) in [6, 6.07) is 0. The lowest BCUT2D eigenvalue weighted by molar-refractivity contribution is -0.168. The summed E-state index contributed by atoms with van der Waals surface area (Å²) in [6.07, 6.45) is 5.09. The van der Waals surface area contributed by atoms with Crippen molar-refractivity contribution >= 4 is 17.3 Å². The highest BCUT2D eigenvalue weighted by Gasteiger charge is 2.68. The number of carbonyl (C=O) groups excluding carboxylic acids is 3. The largest absolute Gasteiger partial charge is 0.510 e. The topological polar surface area (TPSA) is 112 Å². The zero-order valence-electron chi connectivity index (χ0n) is 23.9. The Labute approximate surface area is 221 Å². The number of fused-ring (bicyclic) bond motifs is 1. The molecule has 0 aliphatic heterocycles. The minimum atomic E-state index is -1.63. The average molecular weight is 515 g/mol. The average Bonchev–Trinajstić information content (AvgIpc) is 3.06. The highest BCUT2D eigenvalue weighted by Crippen LogP contribution is 2.63. The van der Waals surface area contributed by atoms with E-state index in [0.717, 1.165) is 11.1 Å². The fraction of sp³-hybridized carbons (Fsp3) is 0.710. The Morgan fingerprint density at radius 3 is 2.00 bits per heavy atom. The summed E-state index contributed by atoms with van der Waals surface area (Å²) >= 11 is 0. The number of aliphatic hydroxyl groups excluding tert-OH is 1. The second-order valence-electron chi connectivity index (χ2n) is 13.4. The third-order valence-electron chi connectivity index (χ3n) is 9.08. The van der Waals surface area contributed by atoms with E-state index in [9.17, 15) is 29.7 Å². The predicted octanol–water partition coefficient (Wildman–Crippen LogP) is 5.57. The van der Waals surface area contributed by atoms with E-state index in [1.54, 1.807) is 13.8 Å². The zero-order chi connectivity index (χ0) is 28.1. The number of carbonyl (C=O) groups is 3. The number of Topliss-reactive ketones (excluding diaryl/α,β-unsaturated/α-hetero) is 3. The van der Waals surface area contributed by atoms with Crippen LogP contribution in [0.5, 0.6) is 0 Å². The van der Waals surface area contributed by atoms with Crippen LogP contribution >= 0.6 is 0 Å². The Morgan fingerprint density at radius 1 is 0.973 bits per heavy atom. The molecule has 1 spiro atoms. The first-order valence-corrected chi connectivity index (χ1v) is 13.7. The maximum Gasteiger partial charge on any atom is 0.184 e. The summed E-state index contributed by atoms with van der Waals surface area (Å²) in [4.78, 5) is 42.5. The van der Waals surface area contributed by atoms with E-state index in [1.807, 2.05) is 53.7 Å². The Kier molecular flexibility index (Phi) is 7.91. The molecule has 0 saturated heterocycles. The molecule has 0 bridgehead atoms. The molecule has 5 atom stereocenters. The van der Waals surface area contributed by atoms with Crippen molar-refractivity contribution in [1.29, 1.82) is 0 Å². The lowest BCUT2D eigenvalue weighted by Crippen LogP contribution is -2.62. The van der Waals surface area contributed by atoms with Gasteiger partial charge in [-0.25, -0.2) is 0 Å². The van der Waals surface area contributed by atoms with Crippen molar-refractivity contribution in [3.05, 3.63) is 34.6 Å². The Bertz CT molecular complexity index is 1040. The van der Waals surface area contributed by atoms with Gasteiger partial charge in [0.05, 0.1) is 16.6 Å². The lowest BCUT2D eigenvalue weighted by Gasteiger charge is -2.54. The summed E-state index contributed by atoms with van der Waals surface area (Å²) in [6.45, 7) is 14.7. The molecule has 0 heterocycles. The maximum atomic E-state index is 14.8. The highest BCUT2D eigenvalue weighted by molar-refractivity contribution is 6.31. The summed E-state index contributed by atoms with van der Waals surface area (Å²) in [5.74, 6) is -2.79. The van der Waals surface area contributed by atoms with Crippen molar-refractivity contribution in [3.63, 3.8) is 0 Å². The summed E-state index contributed by atoms with van der Waals surface area (Å²) in [5.41, 5.74) is -4.10. The van der Waals surface area contributed by atoms with Gasteiger partial charge in [0, 0.05) is 6.42 Å². The number of allylic oxidation sites excluding steroid dienone is 6. The van der Waals surface area contributed by atoms with E-state index in [4.69, 9.17) is 0 Å². The number of hydrogen-bond donors (Lipinski definition) is 3. The molecule has 206 valence electrons. The van der Waals surface area contributed by atoms with E-state index in [1.165, 1.54) is 0 Å². The predicted molar refractivity (Wildman–Crippen MR) is 144 cm³/mol. The Hall–Kier alpha value is -2.05. The molecule has 0 amide bonds. The first-order chi connectivity index (χ1) is 16.9. The SMILES string of the molecule is CC(C)=CCC1(CC=C(C)C)C(=O)C(C(=O)CC(C)C)=C(O)[C@@]2(C[C@H]3[C@@H](CC[C@@]3(C)O)[C@](C)(O)C2)C1=O. The van der Waals surface area contributed by atoms with Gasteiger partial charge in [0.15, 0.2) is 17.3 Å². The Balaban J connectivity index is 2.35. The monoisotopic (exact) mass is 514 g/mol. The maximum absolute atomic E-state index is 14.8. The molecule has 3 rings (SSSR count). The lowest BCUT2D eigenvalue weighted by atomic mass is 9.48. The van der Waals surface area contributed by atoms with Crippen LogP contribution in [0, 0.1) is 28.6 Å². The molecule has 6 nitrogen and oxygen atoms in total. The van der Waals surface area contributed by atoms with Gasteiger partial charge in [-0.05, 0) is 97.8 Å². The first-order valence-electron chi connectivity index (χ1n) is 13.7. The van der Waals surface area contributed by atoms with Crippen LogP contribution < -0.4 is 0 Å². The van der Waals surface area contributed by atoms with E-state index in [-0.39, 0.29) is 49.5 Å². The molecule has 0 unspecified atom stereocenters. The van der Waals surface area contributed by atoms with Gasteiger partial charge >= 0.3 is 0 Å². The molecule has 2 saturated carbocycles.